The molecular formula is C23H35N7O. The van der Waals surface area contributed by atoms with E-state index in [-0.39, 0.29) is 0 Å². The van der Waals surface area contributed by atoms with Crippen LogP contribution in [0.2, 0.25) is 0 Å². The van der Waals surface area contributed by atoms with Crippen molar-refractivity contribution in [3.05, 3.63) is 48.3 Å². The average Bonchev–Trinajstić information content (AvgIpc) is 2.82. The minimum Gasteiger partial charge on any atom is -0.497 e. The van der Waals surface area contributed by atoms with E-state index in [1.807, 2.05) is 18.2 Å². The van der Waals surface area contributed by atoms with Crippen molar-refractivity contribution in [3.63, 3.8) is 0 Å². The van der Waals surface area contributed by atoms with Gasteiger partial charge in [-0.05, 0) is 37.1 Å². The van der Waals surface area contributed by atoms with Crippen LogP contribution >= 0.6 is 0 Å². The summed E-state index contributed by atoms with van der Waals surface area (Å²) in [5, 5.41) is 3.40. The Hall–Kier alpha value is -2.87. The second-order valence-electron chi connectivity index (χ2n) is 7.67. The normalized spacial score (nSPS) is 15.1. The van der Waals surface area contributed by atoms with E-state index in [1.165, 1.54) is 5.56 Å². The molecule has 2 aromatic rings. The highest BCUT2D eigenvalue weighted by molar-refractivity contribution is 5.79. The van der Waals surface area contributed by atoms with E-state index in [1.54, 1.807) is 19.5 Å². The molecule has 3 rings (SSSR count). The fraction of sp³-hybridized carbons (Fsp3) is 0.522. The Bertz CT molecular complexity index is 789. The molecule has 8 heteroatoms. The SMILES string of the molecule is CCNC(=NCCCN1CCN(c2ncccn2)CC1)N(C)Cc1ccc(OC)cc1. The van der Waals surface area contributed by atoms with Crippen molar-refractivity contribution in [3.8, 4) is 5.75 Å². The monoisotopic (exact) mass is 425 g/mol. The first-order valence-corrected chi connectivity index (χ1v) is 11.1. The summed E-state index contributed by atoms with van der Waals surface area (Å²) >= 11 is 0. The van der Waals surface area contributed by atoms with Crippen molar-refractivity contribution in [1.29, 1.82) is 0 Å². The maximum Gasteiger partial charge on any atom is 0.225 e. The largest absolute Gasteiger partial charge is 0.497 e. The van der Waals surface area contributed by atoms with Gasteiger partial charge in [-0.3, -0.25) is 9.89 Å². The smallest absolute Gasteiger partial charge is 0.225 e. The maximum absolute atomic E-state index is 5.24. The van der Waals surface area contributed by atoms with Crippen LogP contribution in [0.1, 0.15) is 18.9 Å². The zero-order chi connectivity index (χ0) is 21.9. The molecule has 0 atom stereocenters. The van der Waals surface area contributed by atoms with Gasteiger partial charge in [0.25, 0.3) is 0 Å². The van der Waals surface area contributed by atoms with Crippen molar-refractivity contribution in [1.82, 2.24) is 25.1 Å². The van der Waals surface area contributed by atoms with Gasteiger partial charge in [0.05, 0.1) is 7.11 Å². The van der Waals surface area contributed by atoms with Gasteiger partial charge in [0.1, 0.15) is 5.75 Å². The molecule has 0 radical (unpaired) electrons. The van der Waals surface area contributed by atoms with Crippen molar-refractivity contribution in [2.75, 3.05) is 64.9 Å². The van der Waals surface area contributed by atoms with Gasteiger partial charge in [-0.25, -0.2) is 9.97 Å². The van der Waals surface area contributed by atoms with Gasteiger partial charge >= 0.3 is 0 Å². The number of anilines is 1. The third-order valence-corrected chi connectivity index (χ3v) is 5.38. The molecule has 31 heavy (non-hydrogen) atoms. The molecule has 168 valence electrons. The van der Waals surface area contributed by atoms with Crippen LogP contribution in [-0.4, -0.2) is 85.7 Å². The van der Waals surface area contributed by atoms with Gasteiger partial charge in [-0.1, -0.05) is 12.1 Å². The van der Waals surface area contributed by atoms with Gasteiger partial charge in [-0.2, -0.15) is 0 Å². The number of nitrogens with zero attached hydrogens (tertiary/aromatic N) is 6. The quantitative estimate of drug-likeness (QED) is 0.375. The van der Waals surface area contributed by atoms with Crippen molar-refractivity contribution in [2.45, 2.75) is 19.9 Å². The Kier molecular flexibility index (Phi) is 8.90. The zero-order valence-corrected chi connectivity index (χ0v) is 19.0. The summed E-state index contributed by atoms with van der Waals surface area (Å²) in [6.45, 7) is 9.67. The van der Waals surface area contributed by atoms with Gasteiger partial charge < -0.3 is 19.9 Å². The Morgan fingerprint density at radius 3 is 2.48 bits per heavy atom. The Morgan fingerprint density at radius 1 is 1.13 bits per heavy atom. The Morgan fingerprint density at radius 2 is 1.84 bits per heavy atom. The molecule has 8 nitrogen and oxygen atoms in total. The highest BCUT2D eigenvalue weighted by atomic mass is 16.5. The number of hydrogen-bond acceptors (Lipinski definition) is 6. The molecule has 0 amide bonds. The third-order valence-electron chi connectivity index (χ3n) is 5.38. The van der Waals surface area contributed by atoms with Gasteiger partial charge in [0.2, 0.25) is 5.95 Å². The topological polar surface area (TPSA) is 69.1 Å². The van der Waals surface area contributed by atoms with Gasteiger partial charge in [0.15, 0.2) is 5.96 Å². The van der Waals surface area contributed by atoms with Crippen LogP contribution in [0.15, 0.2) is 47.7 Å². The van der Waals surface area contributed by atoms with Gasteiger partial charge in [0, 0.05) is 71.8 Å². The van der Waals surface area contributed by atoms with Crippen LogP contribution in [0, 0.1) is 0 Å². The molecule has 1 aromatic heterocycles. The van der Waals surface area contributed by atoms with Crippen LogP contribution in [0.3, 0.4) is 0 Å². The van der Waals surface area contributed by atoms with E-state index in [0.29, 0.717) is 0 Å². The average molecular weight is 426 g/mol. The summed E-state index contributed by atoms with van der Waals surface area (Å²) in [6.07, 6.45) is 4.66. The molecule has 0 aliphatic carbocycles. The molecule has 0 unspecified atom stereocenters. The first kappa shape index (κ1) is 22.8. The number of nitrogens with one attached hydrogen (secondary N) is 1. The summed E-state index contributed by atoms with van der Waals surface area (Å²) in [7, 11) is 3.77. The number of rotatable bonds is 9. The zero-order valence-electron chi connectivity index (χ0n) is 19.0. The number of methoxy groups -OCH3 is 1. The lowest BCUT2D eigenvalue weighted by Gasteiger charge is -2.34. The van der Waals surface area contributed by atoms with Crippen LogP contribution in [0.25, 0.3) is 0 Å². The molecule has 0 saturated carbocycles. The van der Waals surface area contributed by atoms with Crippen LogP contribution in [0.5, 0.6) is 5.75 Å². The molecular weight excluding hydrogens is 390 g/mol. The molecule has 1 aliphatic heterocycles. The minimum absolute atomic E-state index is 0.805. The fourth-order valence-corrected chi connectivity index (χ4v) is 3.65. The van der Waals surface area contributed by atoms with E-state index in [4.69, 9.17) is 9.73 Å². The number of guanidine groups is 1. The lowest BCUT2D eigenvalue weighted by Crippen LogP contribution is -2.47. The Labute approximate surface area is 186 Å². The minimum atomic E-state index is 0.805. The summed E-state index contributed by atoms with van der Waals surface area (Å²) < 4.78 is 5.24. The molecule has 2 heterocycles. The molecule has 1 fully saturated rings. The summed E-state index contributed by atoms with van der Waals surface area (Å²) in [5.41, 5.74) is 1.23. The first-order valence-electron chi connectivity index (χ1n) is 11.1. The molecule has 1 aromatic carbocycles. The first-order chi connectivity index (χ1) is 15.2. The predicted octanol–water partition coefficient (Wildman–Crippen LogP) is 2.09. The summed E-state index contributed by atoms with van der Waals surface area (Å²) in [5.74, 6) is 2.66. The lowest BCUT2D eigenvalue weighted by molar-refractivity contribution is 0.255. The maximum atomic E-state index is 5.24. The molecule has 0 spiro atoms. The highest BCUT2D eigenvalue weighted by Gasteiger charge is 2.18. The van der Waals surface area contributed by atoms with E-state index >= 15 is 0 Å². The fourth-order valence-electron chi connectivity index (χ4n) is 3.65. The molecule has 1 aliphatic rings. The summed E-state index contributed by atoms with van der Waals surface area (Å²) in [6, 6.07) is 10.0. The Balaban J connectivity index is 1.42. The van der Waals surface area contributed by atoms with Crippen LogP contribution < -0.4 is 15.0 Å². The van der Waals surface area contributed by atoms with E-state index in [2.05, 4.69) is 56.1 Å². The number of hydrogen-bond donors (Lipinski definition) is 1. The van der Waals surface area contributed by atoms with E-state index < -0.39 is 0 Å². The van der Waals surface area contributed by atoms with E-state index in [0.717, 1.165) is 76.4 Å². The molecule has 1 saturated heterocycles. The van der Waals surface area contributed by atoms with Crippen LogP contribution in [0.4, 0.5) is 5.95 Å². The highest BCUT2D eigenvalue weighted by Crippen LogP contribution is 2.13. The second-order valence-corrected chi connectivity index (χ2v) is 7.67. The number of piperazine rings is 1. The van der Waals surface area contributed by atoms with Crippen molar-refractivity contribution >= 4 is 11.9 Å². The predicted molar refractivity (Wildman–Crippen MR) is 126 cm³/mol. The molecule has 0 bridgehead atoms. The lowest BCUT2D eigenvalue weighted by atomic mass is 10.2. The van der Waals surface area contributed by atoms with Crippen LogP contribution in [-0.2, 0) is 6.54 Å². The van der Waals surface area contributed by atoms with Crippen molar-refractivity contribution in [2.24, 2.45) is 4.99 Å². The summed E-state index contributed by atoms with van der Waals surface area (Å²) in [4.78, 5) is 20.5. The third kappa shape index (κ3) is 7.10. The van der Waals surface area contributed by atoms with E-state index in [9.17, 15) is 0 Å². The second kappa shape index (κ2) is 12.1. The number of aliphatic imine (C=N–C) groups is 1. The van der Waals surface area contributed by atoms with Gasteiger partial charge in [-0.15, -0.1) is 0 Å². The number of aromatic nitrogens is 2. The van der Waals surface area contributed by atoms with Crippen molar-refractivity contribution < 1.29 is 4.74 Å². The standard InChI is InChI=1S/C23H35N7O/c1-4-24-22(28(2)19-20-7-9-21(31-3)10-8-20)25-13-6-14-29-15-17-30(18-16-29)23-26-11-5-12-27-23/h5,7-12H,4,6,13-19H2,1-3H3,(H,24,25). The molecule has 1 N–H and O–H groups in total. The number of ether oxygens (including phenoxy) is 1. The number of benzene rings is 1.